The third kappa shape index (κ3) is 5.11. The number of rotatable bonds is 4. The van der Waals surface area contributed by atoms with Crippen molar-refractivity contribution in [1.82, 2.24) is 30.2 Å². The van der Waals surface area contributed by atoms with Crippen molar-refractivity contribution in [3.05, 3.63) is 54.3 Å². The van der Waals surface area contributed by atoms with Crippen LogP contribution in [0, 0.1) is 6.92 Å². The van der Waals surface area contributed by atoms with Gasteiger partial charge in [-0.15, -0.1) is 0 Å². The number of fused-ring (bicyclic) bond motifs is 1. The molecule has 10 heteroatoms. The molecule has 1 atom stereocenters. The number of nitrogens with one attached hydrogen (secondary N) is 1. The summed E-state index contributed by atoms with van der Waals surface area (Å²) >= 11 is 0. The lowest BCUT2D eigenvalue weighted by atomic mass is 10.1. The lowest BCUT2D eigenvalue weighted by Crippen LogP contribution is -2.46. The van der Waals surface area contributed by atoms with Crippen LogP contribution in [-0.4, -0.2) is 96.4 Å². The fourth-order valence-electron chi connectivity index (χ4n) is 5.40. The molecule has 0 radical (unpaired) electrons. The van der Waals surface area contributed by atoms with Crippen molar-refractivity contribution in [3.63, 3.8) is 0 Å². The van der Waals surface area contributed by atoms with E-state index in [9.17, 15) is 0 Å². The molecule has 0 amide bonds. The van der Waals surface area contributed by atoms with E-state index in [-0.39, 0.29) is 6.10 Å². The van der Waals surface area contributed by atoms with Crippen LogP contribution in [0.2, 0.25) is 0 Å². The number of aryl methyl sites for hydroxylation is 1. The maximum atomic E-state index is 6.27. The minimum Gasteiger partial charge on any atom is -0.490 e. The summed E-state index contributed by atoms with van der Waals surface area (Å²) in [6, 6.07) is 6.32. The summed E-state index contributed by atoms with van der Waals surface area (Å²) in [4.78, 5) is 28.0. The average Bonchev–Trinajstić information content (AvgIpc) is 2.94. The number of hydrogen-bond acceptors (Lipinski definition) is 10. The summed E-state index contributed by atoms with van der Waals surface area (Å²) in [6.07, 6.45) is 7.72. The number of aromatic nitrogens is 4. The van der Waals surface area contributed by atoms with Gasteiger partial charge in [-0.05, 0) is 31.5 Å². The minimum absolute atomic E-state index is 0.0961. The number of morpholine rings is 1. The Kier molecular flexibility index (Phi) is 6.65. The number of nitrogens with zero attached hydrogens (tertiary/aromatic N) is 8. The third-order valence-electron chi connectivity index (χ3n) is 7.32. The first-order valence-corrected chi connectivity index (χ1v) is 13.2. The molecule has 0 aliphatic carbocycles. The Labute approximate surface area is 218 Å². The topological polar surface area (TPSA) is 85.8 Å². The molecular formula is C27H35N9O. The highest BCUT2D eigenvalue weighted by molar-refractivity contribution is 5.90. The molecular weight excluding hydrogens is 466 g/mol. The Balaban J connectivity index is 1.12. The van der Waals surface area contributed by atoms with Crippen molar-refractivity contribution < 1.29 is 4.74 Å². The summed E-state index contributed by atoms with van der Waals surface area (Å²) < 4.78 is 6.27. The van der Waals surface area contributed by atoms with Gasteiger partial charge in [-0.3, -0.25) is 9.97 Å². The molecule has 6 rings (SSSR count). The monoisotopic (exact) mass is 501 g/mol. The molecule has 1 N–H and O–H groups in total. The number of benzene rings is 1. The standard InChI is InChI=1S/C27H35N9O/c1-20-3-4-23(26-25(20)29-7-8-30-26)36-17-21(2)37-22(19-36)18-33-13-15-34(16-14-33)24-5-6-31-27(32-24)35-11-9-28-10-12-35/h3-8,18,21,28H,9-17,19H2,1-2H3/b22-18+/t21-/m1/s1. The largest absolute Gasteiger partial charge is 0.490 e. The van der Waals surface area contributed by atoms with Gasteiger partial charge in [-0.25, -0.2) is 4.98 Å². The molecule has 3 aromatic rings. The van der Waals surface area contributed by atoms with Gasteiger partial charge in [0.25, 0.3) is 0 Å². The molecule has 194 valence electrons. The van der Waals surface area contributed by atoms with E-state index < -0.39 is 0 Å². The van der Waals surface area contributed by atoms with Crippen LogP contribution < -0.4 is 20.0 Å². The second-order valence-corrected chi connectivity index (χ2v) is 10.0. The lowest BCUT2D eigenvalue weighted by molar-refractivity contribution is 0.107. The van der Waals surface area contributed by atoms with Gasteiger partial charge in [0.15, 0.2) is 0 Å². The zero-order valence-electron chi connectivity index (χ0n) is 21.7. The first-order chi connectivity index (χ1) is 18.1. The fraction of sp³-hybridized carbons (Fsp3) is 0.481. The van der Waals surface area contributed by atoms with Crippen LogP contribution in [0.3, 0.4) is 0 Å². The van der Waals surface area contributed by atoms with Crippen LogP contribution in [0.5, 0.6) is 0 Å². The van der Waals surface area contributed by atoms with E-state index in [1.807, 2.05) is 12.3 Å². The minimum atomic E-state index is 0.0961. The van der Waals surface area contributed by atoms with Crippen molar-refractivity contribution in [2.75, 3.05) is 80.1 Å². The van der Waals surface area contributed by atoms with E-state index in [1.165, 1.54) is 0 Å². The smallest absolute Gasteiger partial charge is 0.227 e. The molecule has 1 aromatic carbocycles. The fourth-order valence-corrected chi connectivity index (χ4v) is 5.40. The Morgan fingerprint density at radius 1 is 0.865 bits per heavy atom. The van der Waals surface area contributed by atoms with Gasteiger partial charge in [0.05, 0.1) is 24.3 Å². The van der Waals surface area contributed by atoms with E-state index in [2.05, 4.69) is 72.0 Å². The van der Waals surface area contributed by atoms with E-state index in [0.29, 0.717) is 0 Å². The quantitative estimate of drug-likeness (QED) is 0.573. The van der Waals surface area contributed by atoms with Crippen LogP contribution in [0.4, 0.5) is 17.5 Å². The van der Waals surface area contributed by atoms with Crippen molar-refractivity contribution in [2.45, 2.75) is 20.0 Å². The van der Waals surface area contributed by atoms with Crippen LogP contribution in [0.15, 0.2) is 48.7 Å². The second kappa shape index (κ2) is 10.4. The van der Waals surface area contributed by atoms with Crippen LogP contribution in [0.25, 0.3) is 11.0 Å². The zero-order chi connectivity index (χ0) is 25.2. The number of anilines is 3. The van der Waals surface area contributed by atoms with Crippen LogP contribution in [-0.2, 0) is 4.74 Å². The van der Waals surface area contributed by atoms with Gasteiger partial charge in [0.2, 0.25) is 5.95 Å². The normalized spacial score (nSPS) is 22.0. The maximum Gasteiger partial charge on any atom is 0.227 e. The molecule has 0 unspecified atom stereocenters. The van der Waals surface area contributed by atoms with Gasteiger partial charge in [-0.1, -0.05) is 6.07 Å². The number of piperazine rings is 2. The molecule has 5 heterocycles. The highest BCUT2D eigenvalue weighted by atomic mass is 16.5. The maximum absolute atomic E-state index is 6.27. The van der Waals surface area contributed by atoms with Crippen molar-refractivity contribution in [1.29, 1.82) is 0 Å². The predicted octanol–water partition coefficient (Wildman–Crippen LogP) is 2.03. The third-order valence-corrected chi connectivity index (χ3v) is 7.32. The van der Waals surface area contributed by atoms with Crippen molar-refractivity contribution in [2.24, 2.45) is 0 Å². The highest BCUT2D eigenvalue weighted by Gasteiger charge is 2.25. The first-order valence-electron chi connectivity index (χ1n) is 13.2. The molecule has 0 saturated carbocycles. The molecule has 10 nitrogen and oxygen atoms in total. The van der Waals surface area contributed by atoms with Crippen LogP contribution in [0.1, 0.15) is 12.5 Å². The highest BCUT2D eigenvalue weighted by Crippen LogP contribution is 2.29. The van der Waals surface area contributed by atoms with Crippen LogP contribution >= 0.6 is 0 Å². The van der Waals surface area contributed by atoms with E-state index in [4.69, 9.17) is 9.72 Å². The van der Waals surface area contributed by atoms with E-state index >= 15 is 0 Å². The molecule has 0 bridgehead atoms. The van der Waals surface area contributed by atoms with Gasteiger partial charge >= 0.3 is 0 Å². The van der Waals surface area contributed by atoms with Gasteiger partial charge in [0, 0.05) is 77.1 Å². The summed E-state index contributed by atoms with van der Waals surface area (Å²) in [5.74, 6) is 2.84. The Morgan fingerprint density at radius 2 is 1.65 bits per heavy atom. The summed E-state index contributed by atoms with van der Waals surface area (Å²) in [5.41, 5.74) is 4.18. The molecule has 3 fully saturated rings. The Hall–Kier alpha value is -3.66. The lowest BCUT2D eigenvalue weighted by Gasteiger charge is -2.38. The van der Waals surface area contributed by atoms with Crippen molar-refractivity contribution >= 4 is 28.5 Å². The predicted molar refractivity (Wildman–Crippen MR) is 146 cm³/mol. The van der Waals surface area contributed by atoms with Crippen molar-refractivity contribution in [3.8, 4) is 0 Å². The van der Waals surface area contributed by atoms with E-state index in [1.54, 1.807) is 12.4 Å². The Morgan fingerprint density at radius 3 is 2.46 bits per heavy atom. The molecule has 3 aliphatic rings. The van der Waals surface area contributed by atoms with E-state index in [0.717, 1.165) is 105 Å². The molecule has 2 aromatic heterocycles. The molecule has 37 heavy (non-hydrogen) atoms. The molecule has 3 saturated heterocycles. The number of ether oxygens (including phenoxy) is 1. The number of hydrogen-bond donors (Lipinski definition) is 1. The second-order valence-electron chi connectivity index (χ2n) is 10.0. The van der Waals surface area contributed by atoms with Gasteiger partial charge in [0.1, 0.15) is 23.2 Å². The zero-order valence-corrected chi connectivity index (χ0v) is 21.7. The summed E-state index contributed by atoms with van der Waals surface area (Å²) in [7, 11) is 0. The Bertz CT molecular complexity index is 1270. The molecule has 3 aliphatic heterocycles. The first kappa shape index (κ1) is 23.7. The SMILES string of the molecule is Cc1ccc(N2C/C(=C\N3CCN(c4ccnc(N5CCNCC5)n4)CC3)O[C@H](C)C2)c2nccnc12. The van der Waals surface area contributed by atoms with Gasteiger partial charge < -0.3 is 29.7 Å². The summed E-state index contributed by atoms with van der Waals surface area (Å²) in [5, 5.41) is 3.39. The summed E-state index contributed by atoms with van der Waals surface area (Å²) in [6.45, 7) is 13.3. The average molecular weight is 502 g/mol. The van der Waals surface area contributed by atoms with Gasteiger partial charge in [-0.2, -0.15) is 4.98 Å². The molecule has 0 spiro atoms.